The number of benzene rings is 1. The first-order chi connectivity index (χ1) is 12.3. The predicted molar refractivity (Wildman–Crippen MR) is 109 cm³/mol. The molecule has 1 fully saturated rings. The third-order valence-electron chi connectivity index (χ3n) is 4.77. The van der Waals surface area contributed by atoms with Crippen LogP contribution < -0.4 is 9.62 Å². The maximum Gasteiger partial charge on any atom is 0.126 e. The molecule has 1 aliphatic rings. The Morgan fingerprint density at radius 3 is 2.38 bits per heavy atom. The van der Waals surface area contributed by atoms with Gasteiger partial charge in [-0.2, -0.15) is 0 Å². The Labute approximate surface area is 159 Å². The Morgan fingerprint density at radius 2 is 1.81 bits per heavy atom. The number of hydrogen-bond acceptors (Lipinski definition) is 3. The summed E-state index contributed by atoms with van der Waals surface area (Å²) >= 11 is 0. The number of aryl methyl sites for hydroxylation is 2. The largest absolute Gasteiger partial charge is 0.464 e. The first-order valence-electron chi connectivity index (χ1n) is 9.35. The van der Waals surface area contributed by atoms with Gasteiger partial charge in [0.1, 0.15) is 17.6 Å². The molecule has 142 valence electrons. The lowest BCUT2D eigenvalue weighted by atomic mass is 10.0. The van der Waals surface area contributed by atoms with Gasteiger partial charge in [-0.3, -0.25) is 0 Å². The van der Waals surface area contributed by atoms with E-state index < -0.39 is 11.0 Å². The summed E-state index contributed by atoms with van der Waals surface area (Å²) in [5.74, 6) is 1.67. The molecule has 4 nitrogen and oxygen atoms in total. The molecule has 2 aromatic rings. The third kappa shape index (κ3) is 4.21. The van der Waals surface area contributed by atoms with Crippen molar-refractivity contribution < 1.29 is 8.63 Å². The Bertz CT molecular complexity index is 786. The summed E-state index contributed by atoms with van der Waals surface area (Å²) in [6.45, 7) is 12.2. The minimum absolute atomic E-state index is 0.236. The fourth-order valence-electron chi connectivity index (χ4n) is 3.30. The second kappa shape index (κ2) is 7.57. The summed E-state index contributed by atoms with van der Waals surface area (Å²) in [5, 5.41) is 0. The summed E-state index contributed by atoms with van der Waals surface area (Å²) < 4.78 is 21.8. The number of hydrogen-bond donors (Lipinski definition) is 1. The Morgan fingerprint density at radius 1 is 1.12 bits per heavy atom. The number of nitrogens with one attached hydrogen (secondary N) is 1. The molecule has 2 atom stereocenters. The zero-order valence-electron chi connectivity index (χ0n) is 16.5. The van der Waals surface area contributed by atoms with E-state index in [1.54, 1.807) is 0 Å². The lowest BCUT2D eigenvalue weighted by molar-refractivity contribution is 0.455. The summed E-state index contributed by atoms with van der Waals surface area (Å²) in [6.07, 6.45) is 2.44. The average Bonchev–Trinajstić information content (AvgIpc) is 3.23. The molecular formula is C21H30N2O2S. The van der Waals surface area contributed by atoms with E-state index in [4.69, 9.17) is 4.42 Å². The van der Waals surface area contributed by atoms with E-state index in [1.165, 1.54) is 24.1 Å². The molecule has 1 saturated heterocycles. The lowest BCUT2D eigenvalue weighted by Crippen LogP contribution is -2.36. The number of rotatable bonds is 5. The molecule has 1 N–H and O–H groups in total. The normalized spacial score (nSPS) is 17.5. The van der Waals surface area contributed by atoms with Crippen LogP contribution in [0.15, 0.2) is 34.7 Å². The van der Waals surface area contributed by atoms with Crippen LogP contribution in [0.5, 0.6) is 0 Å². The molecule has 0 saturated carbocycles. The third-order valence-corrected chi connectivity index (χ3v) is 6.33. The Hall–Kier alpha value is -1.59. The molecule has 0 aliphatic carbocycles. The molecule has 0 amide bonds. The van der Waals surface area contributed by atoms with Crippen molar-refractivity contribution in [2.75, 3.05) is 18.0 Å². The van der Waals surface area contributed by atoms with Crippen molar-refractivity contribution >= 4 is 16.7 Å². The van der Waals surface area contributed by atoms with E-state index in [0.29, 0.717) is 0 Å². The van der Waals surface area contributed by atoms with Crippen LogP contribution in [0, 0.1) is 13.8 Å². The molecule has 0 bridgehead atoms. The molecule has 1 aromatic heterocycles. The van der Waals surface area contributed by atoms with Crippen molar-refractivity contribution in [3.63, 3.8) is 0 Å². The molecule has 2 heterocycles. The van der Waals surface area contributed by atoms with E-state index in [9.17, 15) is 4.21 Å². The van der Waals surface area contributed by atoms with Crippen molar-refractivity contribution in [2.45, 2.75) is 58.2 Å². The van der Waals surface area contributed by atoms with Gasteiger partial charge in [0.25, 0.3) is 0 Å². The molecule has 3 rings (SSSR count). The van der Waals surface area contributed by atoms with Crippen LogP contribution in [0.2, 0.25) is 0 Å². The Balaban J connectivity index is 2.05. The summed E-state index contributed by atoms with van der Waals surface area (Å²) in [6, 6.07) is 10.2. The minimum atomic E-state index is -1.20. The van der Waals surface area contributed by atoms with E-state index in [1.807, 2.05) is 39.8 Å². The van der Waals surface area contributed by atoms with Gasteiger partial charge < -0.3 is 9.32 Å². The van der Waals surface area contributed by atoms with Crippen LogP contribution in [-0.2, 0) is 11.0 Å². The highest BCUT2D eigenvalue weighted by atomic mass is 32.2. The molecule has 0 radical (unpaired) electrons. The van der Waals surface area contributed by atoms with Gasteiger partial charge in [0.05, 0.1) is 15.7 Å². The van der Waals surface area contributed by atoms with E-state index in [0.717, 1.165) is 30.2 Å². The van der Waals surface area contributed by atoms with E-state index in [-0.39, 0.29) is 10.8 Å². The molecule has 0 spiro atoms. The first-order valence-corrected chi connectivity index (χ1v) is 10.5. The van der Waals surface area contributed by atoms with E-state index >= 15 is 0 Å². The number of anilines is 1. The van der Waals surface area contributed by atoms with Gasteiger partial charge in [-0.05, 0) is 71.2 Å². The van der Waals surface area contributed by atoms with Crippen LogP contribution in [-0.4, -0.2) is 22.0 Å². The van der Waals surface area contributed by atoms with Gasteiger partial charge in [-0.15, -0.1) is 0 Å². The highest BCUT2D eigenvalue weighted by Gasteiger charge is 2.29. The smallest absolute Gasteiger partial charge is 0.126 e. The number of nitrogens with zero attached hydrogens (tertiary/aromatic N) is 1. The Kier molecular flexibility index (Phi) is 5.58. The maximum atomic E-state index is 12.9. The lowest BCUT2D eigenvalue weighted by Gasteiger charge is -2.28. The van der Waals surface area contributed by atoms with Gasteiger partial charge in [0, 0.05) is 24.3 Å². The van der Waals surface area contributed by atoms with Crippen molar-refractivity contribution in [1.82, 2.24) is 4.72 Å². The SMILES string of the molecule is Cc1ccc(C(NS(=O)C(C)(C)C)c2ccc(C)o2)c(N2CCCC2)c1. The molecule has 1 aromatic carbocycles. The van der Waals surface area contributed by atoms with Gasteiger partial charge in [-0.1, -0.05) is 12.1 Å². The number of furan rings is 1. The van der Waals surface area contributed by atoms with Crippen LogP contribution >= 0.6 is 0 Å². The summed E-state index contributed by atoms with van der Waals surface area (Å²) in [5.41, 5.74) is 3.59. The monoisotopic (exact) mass is 374 g/mol. The predicted octanol–water partition coefficient (Wildman–Crippen LogP) is 4.64. The van der Waals surface area contributed by atoms with Gasteiger partial charge in [-0.25, -0.2) is 8.93 Å². The van der Waals surface area contributed by atoms with Gasteiger partial charge in [0.15, 0.2) is 0 Å². The first kappa shape index (κ1) is 19.2. The van der Waals surface area contributed by atoms with E-state index in [2.05, 4.69) is 34.7 Å². The van der Waals surface area contributed by atoms with Crippen LogP contribution in [0.3, 0.4) is 0 Å². The standard InChI is InChI=1S/C21H30N2O2S/c1-15-8-10-17(18(14-15)23-12-6-7-13-23)20(19-11-9-16(2)25-19)22-26(24)21(3,4)5/h8-11,14,20,22H,6-7,12-13H2,1-5H3. The van der Waals surface area contributed by atoms with Crippen LogP contribution in [0.1, 0.15) is 62.3 Å². The zero-order chi connectivity index (χ0) is 18.9. The van der Waals surface area contributed by atoms with Crippen LogP contribution in [0.4, 0.5) is 5.69 Å². The fraction of sp³-hybridized carbons (Fsp3) is 0.524. The van der Waals surface area contributed by atoms with Crippen molar-refractivity contribution in [2.24, 2.45) is 0 Å². The fourth-order valence-corrected chi connectivity index (χ4v) is 4.11. The van der Waals surface area contributed by atoms with Crippen LogP contribution in [0.25, 0.3) is 0 Å². The second-order valence-corrected chi connectivity index (χ2v) is 10.1. The van der Waals surface area contributed by atoms with Crippen molar-refractivity contribution in [1.29, 1.82) is 0 Å². The molecule has 5 heteroatoms. The van der Waals surface area contributed by atoms with Gasteiger partial charge >= 0.3 is 0 Å². The maximum absolute atomic E-state index is 12.9. The molecule has 2 unspecified atom stereocenters. The summed E-state index contributed by atoms with van der Waals surface area (Å²) in [7, 11) is -1.20. The molecule has 26 heavy (non-hydrogen) atoms. The second-order valence-electron chi connectivity index (χ2n) is 8.14. The van der Waals surface area contributed by atoms with Crippen molar-refractivity contribution in [3.8, 4) is 0 Å². The van der Waals surface area contributed by atoms with Gasteiger partial charge in [0.2, 0.25) is 0 Å². The highest BCUT2D eigenvalue weighted by Crippen LogP contribution is 2.35. The van der Waals surface area contributed by atoms with Crippen molar-refractivity contribution in [3.05, 3.63) is 53.0 Å². The molecular weight excluding hydrogens is 344 g/mol. The summed E-state index contributed by atoms with van der Waals surface area (Å²) in [4.78, 5) is 2.44. The minimum Gasteiger partial charge on any atom is -0.464 e. The zero-order valence-corrected chi connectivity index (χ0v) is 17.3. The topological polar surface area (TPSA) is 45.5 Å². The highest BCUT2D eigenvalue weighted by molar-refractivity contribution is 7.84. The average molecular weight is 375 g/mol. The quantitative estimate of drug-likeness (QED) is 0.829. The molecule has 1 aliphatic heterocycles.